The topological polar surface area (TPSA) is 165 Å². The van der Waals surface area contributed by atoms with Crippen molar-refractivity contribution in [3.63, 3.8) is 0 Å². The van der Waals surface area contributed by atoms with Crippen molar-refractivity contribution in [3.05, 3.63) is 64.1 Å². The molecule has 1 saturated heterocycles. The summed E-state index contributed by atoms with van der Waals surface area (Å²) in [6.07, 6.45) is -1.10. The Hall–Kier alpha value is -3.06. The first-order valence-electron chi connectivity index (χ1n) is 14.4. The minimum absolute atomic E-state index is 0.374. The van der Waals surface area contributed by atoms with E-state index in [-0.39, 0.29) is 0 Å². The summed E-state index contributed by atoms with van der Waals surface area (Å²) >= 11 is 0. The third-order valence-electron chi connectivity index (χ3n) is 7.44. The highest BCUT2D eigenvalue weighted by atomic mass is 16.7. The number of allylic oxidation sites excluding steroid dienone is 3. The van der Waals surface area contributed by atoms with Crippen LogP contribution in [0.5, 0.6) is 5.75 Å². The molecule has 1 aromatic carbocycles. The monoisotopic (exact) mass is 604 g/mol. The van der Waals surface area contributed by atoms with Crippen LogP contribution in [-0.4, -0.2) is 82.0 Å². The molecule has 1 aromatic heterocycles. The molecule has 1 aliphatic rings. The van der Waals surface area contributed by atoms with Crippen LogP contribution < -0.4 is 10.4 Å². The molecule has 6 atom stereocenters. The van der Waals surface area contributed by atoms with Gasteiger partial charge in [-0.3, -0.25) is 4.79 Å². The van der Waals surface area contributed by atoms with Crippen LogP contribution in [0.15, 0.2) is 62.8 Å². The predicted molar refractivity (Wildman–Crippen MR) is 158 cm³/mol. The minimum Gasteiger partial charge on any atom is -0.489 e. The van der Waals surface area contributed by atoms with Crippen LogP contribution in [0.4, 0.5) is 0 Å². The maximum absolute atomic E-state index is 11.8. The maximum atomic E-state index is 11.8. The number of carbonyl (C=O) groups excluding carboxylic acids is 1. The average Bonchev–Trinajstić information content (AvgIpc) is 2.94. The Bertz CT molecular complexity index is 1330. The average molecular weight is 605 g/mol. The highest BCUT2D eigenvalue weighted by Crippen LogP contribution is 2.30. The lowest BCUT2D eigenvalue weighted by Crippen LogP contribution is -2.60. The zero-order valence-corrected chi connectivity index (χ0v) is 25.4. The van der Waals surface area contributed by atoms with Crippen molar-refractivity contribution < 1.29 is 48.6 Å². The number of esters is 1. The van der Waals surface area contributed by atoms with Gasteiger partial charge in [0.05, 0.1) is 6.61 Å². The minimum atomic E-state index is -1.58. The zero-order valence-electron chi connectivity index (χ0n) is 25.4. The van der Waals surface area contributed by atoms with Crippen LogP contribution in [0.2, 0.25) is 0 Å². The second-order valence-corrected chi connectivity index (χ2v) is 11.5. The van der Waals surface area contributed by atoms with Gasteiger partial charge in [0.25, 0.3) is 0 Å². The number of hydrogen-bond donors (Lipinski definition) is 4. The molecule has 0 amide bonds. The number of hydrogen-bond acceptors (Lipinski definition) is 11. The number of carbonyl (C=O) groups is 1. The van der Waals surface area contributed by atoms with E-state index < -0.39 is 60.6 Å². The lowest BCUT2D eigenvalue weighted by molar-refractivity contribution is -0.322. The quantitative estimate of drug-likeness (QED) is 0.142. The first kappa shape index (κ1) is 34.4. The van der Waals surface area contributed by atoms with E-state index in [1.54, 1.807) is 26.0 Å². The van der Waals surface area contributed by atoms with Gasteiger partial charge in [-0.2, -0.15) is 0 Å². The van der Waals surface area contributed by atoms with Crippen molar-refractivity contribution in [2.24, 2.45) is 0 Å². The molecule has 4 N–H and O–H groups in total. The predicted octanol–water partition coefficient (Wildman–Crippen LogP) is 3.15. The smallest absolute Gasteiger partial charge is 0.336 e. The molecule has 2 heterocycles. The second-order valence-electron chi connectivity index (χ2n) is 11.5. The normalized spacial score (nSPS) is 24.2. The molecule has 0 radical (unpaired) electrons. The summed E-state index contributed by atoms with van der Waals surface area (Å²) in [5.74, 6) is 0.108. The van der Waals surface area contributed by atoms with Crippen molar-refractivity contribution in [2.75, 3.05) is 13.2 Å². The van der Waals surface area contributed by atoms with E-state index in [0.29, 0.717) is 30.8 Å². The van der Waals surface area contributed by atoms with Crippen LogP contribution in [-0.2, 0) is 19.0 Å². The second kappa shape index (κ2) is 15.6. The highest BCUT2D eigenvalue weighted by molar-refractivity contribution is 5.77. The Morgan fingerprint density at radius 2 is 1.70 bits per heavy atom. The summed E-state index contributed by atoms with van der Waals surface area (Å²) in [6.45, 7) is 8.48. The largest absolute Gasteiger partial charge is 0.489 e. The van der Waals surface area contributed by atoms with Gasteiger partial charge >= 0.3 is 11.6 Å². The van der Waals surface area contributed by atoms with E-state index in [2.05, 4.69) is 6.08 Å². The molecule has 0 aliphatic carbocycles. The third kappa shape index (κ3) is 9.99. The standard InChI is InChI=1S/C32H44O11/c1-19(7-6-8-20(2)15-16-39-23-12-10-22-11-14-27(35)40-24(22)17-23)9-13-26(32(4,5)43-21(3)34)42-31-30(38)29(37)28(36)25(18-33)41-31/h7,10-12,14-15,17,25-26,28-31,33,36-38H,6,8-9,13,16,18H2,1-5H3/b19-7+,20-15+/t25-,26?,28-,29+,30-,31+/m1/s1. The Kier molecular flexibility index (Phi) is 12.5. The fourth-order valence-electron chi connectivity index (χ4n) is 4.88. The molecule has 238 valence electrons. The van der Waals surface area contributed by atoms with E-state index in [9.17, 15) is 30.0 Å². The van der Waals surface area contributed by atoms with Crippen molar-refractivity contribution in [1.29, 1.82) is 0 Å². The van der Waals surface area contributed by atoms with Crippen molar-refractivity contribution >= 4 is 16.9 Å². The molecular formula is C32H44O11. The zero-order chi connectivity index (χ0) is 31.7. The number of aliphatic hydroxyl groups is 4. The van der Waals surface area contributed by atoms with Crippen LogP contribution >= 0.6 is 0 Å². The summed E-state index contributed by atoms with van der Waals surface area (Å²) < 4.78 is 28.0. The van der Waals surface area contributed by atoms with Crippen molar-refractivity contribution in [2.45, 2.75) is 103 Å². The summed E-state index contributed by atoms with van der Waals surface area (Å²) in [6, 6.07) is 8.45. The molecule has 43 heavy (non-hydrogen) atoms. The van der Waals surface area contributed by atoms with E-state index in [1.165, 1.54) is 13.0 Å². The van der Waals surface area contributed by atoms with Gasteiger partial charge in [-0.25, -0.2) is 4.79 Å². The van der Waals surface area contributed by atoms with E-state index in [4.69, 9.17) is 23.4 Å². The molecule has 1 unspecified atom stereocenters. The summed E-state index contributed by atoms with van der Waals surface area (Å²) in [5.41, 5.74) is 1.21. The van der Waals surface area contributed by atoms with Crippen molar-refractivity contribution in [1.82, 2.24) is 0 Å². The van der Waals surface area contributed by atoms with Gasteiger partial charge in [0.2, 0.25) is 0 Å². The SMILES string of the molecule is CC(=O)OC(C)(C)C(CC/C(C)=C/CC/C(C)=C/COc1ccc2ccc(=O)oc2c1)O[C@@H]1O[C@H](CO)[C@@H](O)[C@H](O)[C@H]1O. The molecule has 0 bridgehead atoms. The fourth-order valence-corrected chi connectivity index (χ4v) is 4.88. The van der Waals surface area contributed by atoms with Crippen molar-refractivity contribution in [3.8, 4) is 5.75 Å². The number of ether oxygens (including phenoxy) is 4. The number of aliphatic hydroxyl groups excluding tert-OH is 4. The summed E-state index contributed by atoms with van der Waals surface area (Å²) in [7, 11) is 0. The van der Waals surface area contributed by atoms with Crippen LogP contribution in [0.3, 0.4) is 0 Å². The molecule has 2 aromatic rings. The Morgan fingerprint density at radius 1 is 1.00 bits per heavy atom. The first-order chi connectivity index (χ1) is 20.3. The first-order valence-corrected chi connectivity index (χ1v) is 14.4. The number of benzene rings is 1. The molecule has 1 fully saturated rings. The fraction of sp³-hybridized carbons (Fsp3) is 0.562. The lowest BCUT2D eigenvalue weighted by atomic mass is 9.93. The van der Waals surface area contributed by atoms with E-state index in [1.807, 2.05) is 32.1 Å². The maximum Gasteiger partial charge on any atom is 0.336 e. The van der Waals surface area contributed by atoms with Gasteiger partial charge in [-0.15, -0.1) is 0 Å². The number of rotatable bonds is 14. The summed E-state index contributed by atoms with van der Waals surface area (Å²) in [5, 5.41) is 41.0. The summed E-state index contributed by atoms with van der Waals surface area (Å²) in [4.78, 5) is 23.2. The number of fused-ring (bicyclic) bond motifs is 1. The van der Waals surface area contributed by atoms with Gasteiger partial charge in [0, 0.05) is 24.4 Å². The highest BCUT2D eigenvalue weighted by Gasteiger charge is 2.46. The molecular weight excluding hydrogens is 560 g/mol. The van der Waals surface area contributed by atoms with E-state index in [0.717, 1.165) is 29.4 Å². The van der Waals surface area contributed by atoms with E-state index >= 15 is 0 Å². The molecule has 11 nitrogen and oxygen atoms in total. The molecule has 3 rings (SSSR count). The lowest BCUT2D eigenvalue weighted by Gasteiger charge is -2.43. The van der Waals surface area contributed by atoms with Crippen LogP contribution in [0, 0.1) is 0 Å². The van der Waals surface area contributed by atoms with Gasteiger partial charge in [0.1, 0.15) is 54.1 Å². The Labute approximate surface area is 251 Å². The molecule has 0 saturated carbocycles. The van der Waals surface area contributed by atoms with Gasteiger partial charge in [-0.1, -0.05) is 17.2 Å². The van der Waals surface area contributed by atoms with Crippen LogP contribution in [0.25, 0.3) is 11.0 Å². The van der Waals surface area contributed by atoms with Crippen LogP contribution in [0.1, 0.15) is 60.3 Å². The molecule has 0 spiro atoms. The Balaban J connectivity index is 1.54. The molecule has 11 heteroatoms. The third-order valence-corrected chi connectivity index (χ3v) is 7.44. The van der Waals surface area contributed by atoms with Gasteiger partial charge in [0.15, 0.2) is 6.29 Å². The Morgan fingerprint density at radius 3 is 2.40 bits per heavy atom. The molecule has 1 aliphatic heterocycles. The van der Waals surface area contributed by atoms with Gasteiger partial charge in [-0.05, 0) is 77.7 Å². The van der Waals surface area contributed by atoms with Gasteiger partial charge < -0.3 is 43.8 Å².